The molecule has 0 aromatic carbocycles. The van der Waals surface area contributed by atoms with Crippen LogP contribution >= 0.6 is 0 Å². The summed E-state index contributed by atoms with van der Waals surface area (Å²) >= 11 is 0. The van der Waals surface area contributed by atoms with E-state index in [4.69, 9.17) is 0 Å². The minimum absolute atomic E-state index is 0.0670. The van der Waals surface area contributed by atoms with Crippen LogP contribution in [0.4, 0.5) is 10.5 Å². The number of sulfonamides is 1. The Kier molecular flexibility index (Phi) is 5.52. The van der Waals surface area contributed by atoms with Crippen LogP contribution in [0.1, 0.15) is 0 Å². The normalized spacial score (nSPS) is 11.3. The van der Waals surface area contributed by atoms with Crippen LogP contribution < -0.4 is 10.0 Å². The number of carbonyl (C=O) groups excluding carboxylic acids is 1. The van der Waals surface area contributed by atoms with Crippen molar-refractivity contribution in [3.63, 3.8) is 0 Å². The minimum Gasteiger partial charge on any atom is -0.327 e. The number of aromatic nitrogens is 3. The number of urea groups is 1. The second-order valence-corrected chi connectivity index (χ2v) is 7.22. The van der Waals surface area contributed by atoms with Gasteiger partial charge in [0.1, 0.15) is 0 Å². The molecule has 0 unspecified atom stereocenters. The Bertz CT molecular complexity index is 817. The number of anilines is 1. The highest BCUT2D eigenvalue weighted by Crippen LogP contribution is 2.24. The molecule has 0 bridgehead atoms. The number of amides is 2. The van der Waals surface area contributed by atoms with E-state index in [9.17, 15) is 13.2 Å². The zero-order valence-corrected chi connectivity index (χ0v) is 14.5. The highest BCUT2D eigenvalue weighted by atomic mass is 32.2. The molecular weight excluding hydrogens is 332 g/mol. The van der Waals surface area contributed by atoms with Gasteiger partial charge in [0.15, 0.2) is 0 Å². The average molecular weight is 352 g/mol. The summed E-state index contributed by atoms with van der Waals surface area (Å²) in [7, 11) is 1.29. The van der Waals surface area contributed by atoms with Crippen molar-refractivity contribution >= 4 is 21.7 Å². The topological polar surface area (TPSA) is 109 Å². The van der Waals surface area contributed by atoms with Crippen LogP contribution in [0.15, 0.2) is 30.7 Å². The van der Waals surface area contributed by atoms with Crippen molar-refractivity contribution < 1.29 is 13.2 Å². The third-order valence-corrected chi connectivity index (χ3v) is 4.72. The third kappa shape index (κ3) is 4.52. The highest BCUT2D eigenvalue weighted by Gasteiger charge is 2.16. The van der Waals surface area contributed by atoms with Crippen LogP contribution in [0, 0.1) is 0 Å². The number of nitrogens with one attached hydrogen (secondary N) is 2. The second kappa shape index (κ2) is 7.41. The molecule has 2 rings (SSSR count). The van der Waals surface area contributed by atoms with Gasteiger partial charge < -0.3 is 10.2 Å². The number of hydrogen-bond donors (Lipinski definition) is 2. The van der Waals surface area contributed by atoms with Gasteiger partial charge >= 0.3 is 6.03 Å². The Hall–Kier alpha value is -2.46. The number of nitrogens with zero attached hydrogens (tertiary/aromatic N) is 4. The molecule has 0 radical (unpaired) electrons. The van der Waals surface area contributed by atoms with Gasteiger partial charge in [-0.1, -0.05) is 0 Å². The van der Waals surface area contributed by atoms with E-state index in [1.54, 1.807) is 42.5 Å². The first-order chi connectivity index (χ1) is 11.3. The van der Waals surface area contributed by atoms with Gasteiger partial charge in [0.05, 0.1) is 23.3 Å². The molecule has 2 amide bonds. The molecule has 2 heterocycles. The Labute approximate surface area is 140 Å². The van der Waals surface area contributed by atoms with Gasteiger partial charge in [-0.25, -0.2) is 17.9 Å². The van der Waals surface area contributed by atoms with Crippen molar-refractivity contribution in [2.24, 2.45) is 7.05 Å². The van der Waals surface area contributed by atoms with Crippen molar-refractivity contribution in [2.45, 2.75) is 0 Å². The Morgan fingerprint density at radius 1 is 1.42 bits per heavy atom. The van der Waals surface area contributed by atoms with Crippen molar-refractivity contribution in [1.82, 2.24) is 24.4 Å². The first-order valence-electron chi connectivity index (χ1n) is 7.20. The van der Waals surface area contributed by atoms with E-state index in [-0.39, 0.29) is 12.3 Å². The van der Waals surface area contributed by atoms with Crippen LogP contribution in [0.5, 0.6) is 0 Å². The molecule has 2 N–H and O–H groups in total. The van der Waals surface area contributed by atoms with E-state index in [1.165, 1.54) is 19.0 Å². The molecule has 0 saturated heterocycles. The number of aryl methyl sites for hydroxylation is 1. The van der Waals surface area contributed by atoms with Gasteiger partial charge in [-0.3, -0.25) is 9.67 Å². The van der Waals surface area contributed by atoms with Crippen molar-refractivity contribution in [3.8, 4) is 11.3 Å². The van der Waals surface area contributed by atoms with Crippen molar-refractivity contribution in [2.75, 3.05) is 31.7 Å². The van der Waals surface area contributed by atoms with Gasteiger partial charge in [-0.05, 0) is 19.2 Å². The molecule has 0 aliphatic rings. The van der Waals surface area contributed by atoms with Crippen LogP contribution in [0.25, 0.3) is 11.3 Å². The van der Waals surface area contributed by atoms with Gasteiger partial charge in [0.2, 0.25) is 10.0 Å². The SMILES string of the molecule is CNS(=O)(=O)CCN(C)C(=O)Nc1cccnc1-c1cnn(C)c1. The number of hydrogen-bond acceptors (Lipinski definition) is 5. The molecule has 24 heavy (non-hydrogen) atoms. The van der Waals surface area contributed by atoms with E-state index in [0.29, 0.717) is 11.4 Å². The molecule has 0 saturated carbocycles. The Morgan fingerprint density at radius 2 is 2.17 bits per heavy atom. The average Bonchev–Trinajstić information content (AvgIpc) is 2.99. The smallest absolute Gasteiger partial charge is 0.321 e. The lowest BCUT2D eigenvalue weighted by Gasteiger charge is -2.18. The fourth-order valence-electron chi connectivity index (χ4n) is 1.95. The minimum atomic E-state index is -3.36. The van der Waals surface area contributed by atoms with Crippen LogP contribution in [0.2, 0.25) is 0 Å². The fraction of sp³-hybridized carbons (Fsp3) is 0.357. The first kappa shape index (κ1) is 17.9. The molecule has 10 heteroatoms. The summed E-state index contributed by atoms with van der Waals surface area (Å²) in [5.74, 6) is -0.171. The summed E-state index contributed by atoms with van der Waals surface area (Å²) in [6, 6.07) is 3.02. The molecule has 2 aromatic rings. The maximum absolute atomic E-state index is 12.3. The molecule has 9 nitrogen and oxygen atoms in total. The summed E-state index contributed by atoms with van der Waals surface area (Å²) in [4.78, 5) is 17.8. The molecule has 0 spiro atoms. The zero-order chi connectivity index (χ0) is 17.7. The maximum atomic E-state index is 12.3. The lowest BCUT2D eigenvalue weighted by Crippen LogP contribution is -2.37. The van der Waals surface area contributed by atoms with Gasteiger partial charge in [0, 0.05) is 38.6 Å². The van der Waals surface area contributed by atoms with Crippen molar-refractivity contribution in [1.29, 1.82) is 0 Å². The molecule has 2 aromatic heterocycles. The van der Waals surface area contributed by atoms with E-state index >= 15 is 0 Å². The summed E-state index contributed by atoms with van der Waals surface area (Å²) < 4.78 is 26.7. The standard InChI is InChI=1S/C14H20N6O3S/c1-15-24(22,23)8-7-19(2)14(21)18-12-5-4-6-16-13(12)11-9-17-20(3)10-11/h4-6,9-10,15H,7-8H2,1-3H3,(H,18,21). The molecular formula is C14H20N6O3S. The maximum Gasteiger partial charge on any atom is 0.321 e. The molecule has 0 atom stereocenters. The van der Waals surface area contributed by atoms with Crippen LogP contribution in [-0.4, -0.2) is 60.5 Å². The Balaban J connectivity index is 2.09. The lowest BCUT2D eigenvalue weighted by atomic mass is 10.2. The van der Waals surface area contributed by atoms with E-state index in [0.717, 1.165) is 5.56 Å². The van der Waals surface area contributed by atoms with Crippen molar-refractivity contribution in [3.05, 3.63) is 30.7 Å². The monoisotopic (exact) mass is 352 g/mol. The number of rotatable bonds is 6. The Morgan fingerprint density at radius 3 is 2.79 bits per heavy atom. The molecule has 0 fully saturated rings. The fourth-order valence-corrected chi connectivity index (χ4v) is 2.67. The quantitative estimate of drug-likeness (QED) is 0.786. The number of carbonyl (C=O) groups is 1. The van der Waals surface area contributed by atoms with E-state index in [2.05, 4.69) is 20.1 Å². The second-order valence-electron chi connectivity index (χ2n) is 5.18. The van der Waals surface area contributed by atoms with E-state index < -0.39 is 16.1 Å². The summed E-state index contributed by atoms with van der Waals surface area (Å²) in [5.41, 5.74) is 1.89. The van der Waals surface area contributed by atoms with E-state index in [1.807, 2.05) is 0 Å². The zero-order valence-electron chi connectivity index (χ0n) is 13.7. The van der Waals surface area contributed by atoms with Crippen LogP contribution in [0.3, 0.4) is 0 Å². The van der Waals surface area contributed by atoms with Gasteiger partial charge in [-0.2, -0.15) is 5.10 Å². The van der Waals surface area contributed by atoms with Gasteiger partial charge in [0.25, 0.3) is 0 Å². The molecule has 0 aliphatic carbocycles. The predicted octanol–water partition coefficient (Wildman–Crippen LogP) is 0.495. The number of pyridine rings is 1. The highest BCUT2D eigenvalue weighted by molar-refractivity contribution is 7.89. The third-order valence-electron chi connectivity index (χ3n) is 3.38. The molecule has 0 aliphatic heterocycles. The first-order valence-corrected chi connectivity index (χ1v) is 8.85. The lowest BCUT2D eigenvalue weighted by molar-refractivity contribution is 0.225. The van der Waals surface area contributed by atoms with Crippen LogP contribution in [-0.2, 0) is 17.1 Å². The summed E-state index contributed by atoms with van der Waals surface area (Å²) in [6.45, 7) is 0.0670. The summed E-state index contributed by atoms with van der Waals surface area (Å²) in [6.07, 6.45) is 5.07. The predicted molar refractivity (Wildman–Crippen MR) is 90.9 cm³/mol. The largest absolute Gasteiger partial charge is 0.327 e. The molecule has 130 valence electrons. The summed E-state index contributed by atoms with van der Waals surface area (Å²) in [5, 5.41) is 6.84. The van der Waals surface area contributed by atoms with Gasteiger partial charge in [-0.15, -0.1) is 0 Å².